The number of anilines is 2. The Hall–Kier alpha value is -2.65. The molecule has 0 aliphatic heterocycles. The first-order valence-corrected chi connectivity index (χ1v) is 12.1. The third kappa shape index (κ3) is 5.83. The molecule has 4 atom stereocenters. The molecule has 10 nitrogen and oxygen atoms in total. The molecule has 1 aliphatic carbocycles. The first-order valence-electron chi connectivity index (χ1n) is 11.3. The number of pyridine rings is 1. The van der Waals surface area contributed by atoms with E-state index in [2.05, 4.69) is 30.3 Å². The number of aliphatic hydroxyl groups excluding tert-OH is 3. The van der Waals surface area contributed by atoms with Crippen LogP contribution >= 0.6 is 11.3 Å². The van der Waals surface area contributed by atoms with Gasteiger partial charge >= 0.3 is 6.18 Å². The van der Waals surface area contributed by atoms with Gasteiger partial charge in [-0.2, -0.15) is 18.2 Å². The number of rotatable bonds is 9. The number of aliphatic hydroxyl groups is 3. The van der Waals surface area contributed by atoms with Gasteiger partial charge < -0.3 is 30.7 Å². The molecule has 0 saturated heterocycles. The van der Waals surface area contributed by atoms with Gasteiger partial charge in [-0.25, -0.2) is 9.97 Å². The van der Waals surface area contributed by atoms with Crippen LogP contribution in [0.1, 0.15) is 17.8 Å². The van der Waals surface area contributed by atoms with E-state index in [1.54, 1.807) is 13.1 Å². The second kappa shape index (κ2) is 10.8. The number of nitrogens with zero attached hydrogens (tertiary/aromatic N) is 4. The molecule has 3 aromatic heterocycles. The zero-order valence-electron chi connectivity index (χ0n) is 19.6. The predicted molar refractivity (Wildman–Crippen MR) is 128 cm³/mol. The molecule has 1 fully saturated rings. The summed E-state index contributed by atoms with van der Waals surface area (Å²) in [5, 5.41) is 36.9. The zero-order chi connectivity index (χ0) is 26.0. The van der Waals surface area contributed by atoms with Gasteiger partial charge in [-0.15, -0.1) is 11.3 Å². The maximum Gasteiger partial charge on any atom is 0.411 e. The number of ether oxygens (including phenoxy) is 1. The zero-order valence-corrected chi connectivity index (χ0v) is 20.4. The summed E-state index contributed by atoms with van der Waals surface area (Å²) in [6.07, 6.45) is -4.65. The molecule has 0 aromatic carbocycles. The van der Waals surface area contributed by atoms with Crippen LogP contribution in [0, 0.1) is 19.8 Å². The summed E-state index contributed by atoms with van der Waals surface area (Å²) in [6, 6.07) is 1.25. The van der Waals surface area contributed by atoms with Gasteiger partial charge in [0, 0.05) is 25.3 Å². The SMILES string of the molecule is Cc1nc(NCCOCC(F)(F)F)nc(NC2C[C@H](CO)[C@@H](O)[C@H]2O)c1-c1nc2c(C)nccc2s1. The summed E-state index contributed by atoms with van der Waals surface area (Å²) >= 11 is 1.42. The van der Waals surface area contributed by atoms with E-state index in [9.17, 15) is 28.5 Å². The third-order valence-electron chi connectivity index (χ3n) is 5.95. The van der Waals surface area contributed by atoms with Gasteiger partial charge in [0.25, 0.3) is 0 Å². The molecular formula is C22H27F3N6O4S. The fraction of sp³-hybridized carbons (Fsp3) is 0.545. The molecule has 14 heteroatoms. The van der Waals surface area contributed by atoms with E-state index >= 15 is 0 Å². The molecular weight excluding hydrogens is 501 g/mol. The fourth-order valence-corrected chi connectivity index (χ4v) is 5.26. The number of aryl methyl sites for hydroxylation is 2. The largest absolute Gasteiger partial charge is 0.411 e. The van der Waals surface area contributed by atoms with Gasteiger partial charge in [-0.1, -0.05) is 0 Å². The Kier molecular flexibility index (Phi) is 7.90. The molecule has 36 heavy (non-hydrogen) atoms. The number of nitrogens with one attached hydrogen (secondary N) is 2. The summed E-state index contributed by atoms with van der Waals surface area (Å²) in [5.74, 6) is -0.00999. The lowest BCUT2D eigenvalue weighted by Gasteiger charge is -2.21. The van der Waals surface area contributed by atoms with Crippen molar-refractivity contribution in [1.29, 1.82) is 0 Å². The number of fused-ring (bicyclic) bond motifs is 1. The standard InChI is InChI=1S/C22H27F3N6O4S/c1-10-15(20-30-16-11(2)26-4-3-14(16)36-20)19(29-13-7-12(8-32)17(33)18(13)34)31-21(28-10)27-5-6-35-9-22(23,24)25/h3-4,12-13,17-18,32-34H,5-9H2,1-2H3,(H2,27,28,29,31)/t12-,13?,17-,18+/m1/s1. The molecule has 196 valence electrons. The molecule has 0 bridgehead atoms. The van der Waals surface area contributed by atoms with Gasteiger partial charge in [0.2, 0.25) is 5.95 Å². The highest BCUT2D eigenvalue weighted by Gasteiger charge is 2.41. The lowest BCUT2D eigenvalue weighted by Crippen LogP contribution is -2.35. The van der Waals surface area contributed by atoms with Crippen LogP contribution in [0.2, 0.25) is 0 Å². The monoisotopic (exact) mass is 528 g/mol. The first-order chi connectivity index (χ1) is 17.1. The average Bonchev–Trinajstić information content (AvgIpc) is 3.35. The minimum Gasteiger partial charge on any atom is -0.396 e. The smallest absolute Gasteiger partial charge is 0.396 e. The number of hydrogen-bond donors (Lipinski definition) is 5. The van der Waals surface area contributed by atoms with Crippen LogP contribution < -0.4 is 10.6 Å². The number of thiazole rings is 1. The lowest BCUT2D eigenvalue weighted by atomic mass is 10.1. The van der Waals surface area contributed by atoms with Crippen LogP contribution in [0.15, 0.2) is 12.3 Å². The van der Waals surface area contributed by atoms with Crippen molar-refractivity contribution in [3.05, 3.63) is 23.7 Å². The molecule has 3 aromatic rings. The lowest BCUT2D eigenvalue weighted by molar-refractivity contribution is -0.172. The van der Waals surface area contributed by atoms with E-state index < -0.39 is 37.0 Å². The van der Waals surface area contributed by atoms with Crippen LogP contribution in [0.25, 0.3) is 20.8 Å². The molecule has 5 N–H and O–H groups in total. The average molecular weight is 529 g/mol. The Bertz CT molecular complexity index is 1210. The number of halogens is 3. The Balaban J connectivity index is 1.63. The first kappa shape index (κ1) is 26.4. The van der Waals surface area contributed by atoms with Crippen molar-refractivity contribution >= 4 is 33.3 Å². The van der Waals surface area contributed by atoms with Gasteiger partial charge in [0.05, 0.1) is 40.4 Å². The van der Waals surface area contributed by atoms with E-state index in [1.807, 2.05) is 13.0 Å². The second-order valence-corrected chi connectivity index (χ2v) is 9.65. The molecule has 3 heterocycles. The quantitative estimate of drug-likeness (QED) is 0.262. The summed E-state index contributed by atoms with van der Waals surface area (Å²) in [7, 11) is 0. The highest BCUT2D eigenvalue weighted by Crippen LogP contribution is 2.38. The summed E-state index contributed by atoms with van der Waals surface area (Å²) < 4.78 is 42.4. The van der Waals surface area contributed by atoms with Gasteiger partial charge in [-0.3, -0.25) is 4.98 Å². The minimum absolute atomic E-state index is 0.0393. The molecule has 1 aliphatic rings. The van der Waals surface area contributed by atoms with Gasteiger partial charge in [-0.05, 0) is 26.3 Å². The Morgan fingerprint density at radius 1 is 1.14 bits per heavy atom. The molecule has 4 rings (SSSR count). The van der Waals surface area contributed by atoms with Crippen molar-refractivity contribution in [2.45, 2.75) is 44.7 Å². The molecule has 1 saturated carbocycles. The topological polar surface area (TPSA) is 146 Å². The van der Waals surface area contributed by atoms with Crippen LogP contribution in [0.4, 0.5) is 24.9 Å². The van der Waals surface area contributed by atoms with Crippen LogP contribution in [0.5, 0.6) is 0 Å². The minimum atomic E-state index is -4.41. The van der Waals surface area contributed by atoms with Crippen LogP contribution in [0.3, 0.4) is 0 Å². The highest BCUT2D eigenvalue weighted by atomic mass is 32.1. The fourth-order valence-electron chi connectivity index (χ4n) is 4.15. The molecule has 1 unspecified atom stereocenters. The van der Waals surface area contributed by atoms with Crippen molar-refractivity contribution in [3.63, 3.8) is 0 Å². The van der Waals surface area contributed by atoms with E-state index in [0.29, 0.717) is 28.5 Å². The normalized spacial score (nSPS) is 22.3. The Morgan fingerprint density at radius 3 is 2.58 bits per heavy atom. The van der Waals surface area contributed by atoms with Crippen LogP contribution in [-0.4, -0.2) is 86.0 Å². The molecule has 0 radical (unpaired) electrons. The highest BCUT2D eigenvalue weighted by molar-refractivity contribution is 7.21. The van der Waals surface area contributed by atoms with Crippen molar-refractivity contribution in [2.24, 2.45) is 5.92 Å². The predicted octanol–water partition coefficient (Wildman–Crippen LogP) is 2.27. The third-order valence-corrected chi connectivity index (χ3v) is 6.99. The summed E-state index contributed by atoms with van der Waals surface area (Å²) in [4.78, 5) is 18.0. The Morgan fingerprint density at radius 2 is 1.92 bits per heavy atom. The van der Waals surface area contributed by atoms with Crippen molar-refractivity contribution in [2.75, 3.05) is 37.0 Å². The van der Waals surface area contributed by atoms with E-state index in [4.69, 9.17) is 4.98 Å². The second-order valence-electron chi connectivity index (χ2n) is 8.62. The van der Waals surface area contributed by atoms with Crippen molar-refractivity contribution < 1.29 is 33.2 Å². The summed E-state index contributed by atoms with van der Waals surface area (Å²) in [5.41, 5.74) is 2.63. The van der Waals surface area contributed by atoms with E-state index in [-0.39, 0.29) is 25.7 Å². The Labute approximate surface area is 208 Å². The van der Waals surface area contributed by atoms with E-state index in [0.717, 1.165) is 15.9 Å². The van der Waals surface area contributed by atoms with Crippen LogP contribution in [-0.2, 0) is 4.74 Å². The molecule has 0 amide bonds. The maximum atomic E-state index is 12.3. The van der Waals surface area contributed by atoms with Gasteiger partial charge in [0.15, 0.2) is 0 Å². The van der Waals surface area contributed by atoms with Gasteiger partial charge in [0.1, 0.15) is 29.1 Å². The van der Waals surface area contributed by atoms with E-state index in [1.165, 1.54) is 11.3 Å². The number of aromatic nitrogens is 4. The number of alkyl halides is 3. The molecule has 0 spiro atoms. The summed E-state index contributed by atoms with van der Waals surface area (Å²) in [6.45, 7) is 1.82. The van der Waals surface area contributed by atoms with Crippen molar-refractivity contribution in [1.82, 2.24) is 19.9 Å². The maximum absolute atomic E-state index is 12.3. The number of hydrogen-bond acceptors (Lipinski definition) is 11. The van der Waals surface area contributed by atoms with Crippen molar-refractivity contribution in [3.8, 4) is 10.6 Å².